The molecule has 0 saturated heterocycles. The van der Waals surface area contributed by atoms with Gasteiger partial charge in [-0.1, -0.05) is 51.5 Å². The topological polar surface area (TPSA) is 360 Å². The summed E-state index contributed by atoms with van der Waals surface area (Å²) in [4.78, 5) is 113. The molecule has 0 fully saturated rings. The van der Waals surface area contributed by atoms with Crippen LogP contribution in [-0.2, 0) is 97.8 Å². The van der Waals surface area contributed by atoms with Gasteiger partial charge in [-0.2, -0.15) is 0 Å². The summed E-state index contributed by atoms with van der Waals surface area (Å²) in [6, 6.07) is -2.56. The van der Waals surface area contributed by atoms with Crippen molar-refractivity contribution in [2.45, 2.75) is 137 Å². The number of ether oxygens (including phenoxy) is 6. The summed E-state index contributed by atoms with van der Waals surface area (Å²) in [6.07, 6.45) is 7.41. The number of rotatable bonds is 44. The first-order chi connectivity index (χ1) is 37.7. The second kappa shape index (κ2) is 37.3. The van der Waals surface area contributed by atoms with Crippen molar-refractivity contribution < 1.29 is 71.6 Å². The highest BCUT2D eigenvalue weighted by molar-refractivity contribution is 6.12. The van der Waals surface area contributed by atoms with E-state index in [1.54, 1.807) is 49.5 Å². The number of carbonyl (C=O) groups excluding carboxylic acids is 9. The number of unbranched alkanes of at least 4 members (excludes halogenated alkanes) is 2. The molecule has 2 aromatic heterocycles. The van der Waals surface area contributed by atoms with E-state index < -0.39 is 47.2 Å². The third kappa shape index (κ3) is 28.7. The number of nitrogens with one attached hydrogen (secondary N) is 5. The summed E-state index contributed by atoms with van der Waals surface area (Å²) in [5, 5.41) is 30.1. The van der Waals surface area contributed by atoms with E-state index in [0.29, 0.717) is 96.6 Å². The fraction of sp³-hybridized carbons (Fsp3) is 0.706. The molecular weight excluding hydrogens is 1030 g/mol. The third-order valence-electron chi connectivity index (χ3n) is 11.7. The minimum atomic E-state index is -1.06. The van der Waals surface area contributed by atoms with Gasteiger partial charge >= 0.3 is 0 Å². The van der Waals surface area contributed by atoms with E-state index in [-0.39, 0.29) is 113 Å². The Balaban J connectivity index is 1.33. The summed E-state index contributed by atoms with van der Waals surface area (Å²) in [6.45, 7) is 15.2. The van der Waals surface area contributed by atoms with E-state index in [4.69, 9.17) is 34.2 Å². The van der Waals surface area contributed by atoms with Crippen molar-refractivity contribution in [2.75, 3.05) is 85.8 Å². The van der Waals surface area contributed by atoms with Gasteiger partial charge in [0.2, 0.25) is 35.4 Å². The fourth-order valence-corrected chi connectivity index (χ4v) is 7.37. The molecule has 28 heteroatoms. The summed E-state index contributed by atoms with van der Waals surface area (Å²) in [5.74, 6) is -3.56. The maximum absolute atomic E-state index is 13.5. The lowest BCUT2D eigenvalue weighted by atomic mass is 9.87. The molecule has 7 N–H and O–H groups in total. The van der Waals surface area contributed by atoms with Crippen LogP contribution in [0.3, 0.4) is 0 Å². The van der Waals surface area contributed by atoms with E-state index >= 15 is 0 Å². The van der Waals surface area contributed by atoms with Crippen LogP contribution in [0, 0.1) is 11.3 Å². The van der Waals surface area contributed by atoms with E-state index in [2.05, 4.69) is 47.2 Å². The minimum absolute atomic E-state index is 0.0116. The largest absolute Gasteiger partial charge is 0.379 e. The van der Waals surface area contributed by atoms with Crippen LogP contribution >= 0.6 is 0 Å². The van der Waals surface area contributed by atoms with Crippen LogP contribution in [0.25, 0.3) is 0 Å². The highest BCUT2D eigenvalue weighted by Gasteiger charge is 2.31. The minimum Gasteiger partial charge on any atom is -0.379 e. The maximum atomic E-state index is 13.5. The van der Waals surface area contributed by atoms with Gasteiger partial charge in [0.15, 0.2) is 5.78 Å². The lowest BCUT2D eigenvalue weighted by Crippen LogP contribution is -2.54. The Bertz CT molecular complexity index is 2250. The van der Waals surface area contributed by atoms with Gasteiger partial charge in [0, 0.05) is 49.8 Å². The third-order valence-corrected chi connectivity index (χ3v) is 11.7. The maximum Gasteiger partial charge on any atom is 0.253 e. The predicted molar refractivity (Wildman–Crippen MR) is 281 cm³/mol. The molecule has 0 saturated carbocycles. The van der Waals surface area contributed by atoms with Crippen LogP contribution in [0.1, 0.15) is 104 Å². The molecule has 3 heterocycles. The highest BCUT2D eigenvalue weighted by Crippen LogP contribution is 2.17. The van der Waals surface area contributed by atoms with Gasteiger partial charge in [0.1, 0.15) is 23.5 Å². The number of nitrogens with zero attached hydrogens (tertiary/aromatic N) is 7. The van der Waals surface area contributed by atoms with Gasteiger partial charge in [-0.25, -0.2) is 9.36 Å². The number of imide groups is 1. The van der Waals surface area contributed by atoms with Gasteiger partial charge in [-0.3, -0.25) is 48.1 Å². The fourth-order valence-electron chi connectivity index (χ4n) is 7.37. The highest BCUT2D eigenvalue weighted by atomic mass is 16.5. The quantitative estimate of drug-likeness (QED) is 0.0349. The molecule has 79 heavy (non-hydrogen) atoms. The average molecular weight is 1120 g/mol. The first kappa shape index (κ1) is 66.7. The van der Waals surface area contributed by atoms with Crippen LogP contribution in [0.2, 0.25) is 0 Å². The Labute approximate surface area is 461 Å². The first-order valence-corrected chi connectivity index (χ1v) is 26.8. The normalized spacial score (nSPS) is 13.6. The van der Waals surface area contributed by atoms with Crippen molar-refractivity contribution in [3.8, 4) is 0 Å². The molecular formula is C51H83N13O15. The number of primary amides is 1. The van der Waals surface area contributed by atoms with Crippen LogP contribution < -0.4 is 32.3 Å². The average Bonchev–Trinajstić information content (AvgIpc) is 4.15. The smallest absolute Gasteiger partial charge is 0.253 e. The SMILES string of the molecule is CC(C)[C@H](NC(=O)CCOCCOCCOCCn1cc(CNC(=O)[C@H](CCC(=O)NCc2cn(CCOCCOCCOCCC(N)=O)nn2)NC(=O)CCCCCN2C(=O)C=CC2=O)nn1)C(=O)N[C@@H](C)C(=O)C(C)(C)C. The Morgan fingerprint density at radius 1 is 0.557 bits per heavy atom. The Kier molecular flexibility index (Phi) is 31.5. The van der Waals surface area contributed by atoms with Crippen molar-refractivity contribution in [1.82, 2.24) is 61.5 Å². The monoisotopic (exact) mass is 1120 g/mol. The van der Waals surface area contributed by atoms with Gasteiger partial charge in [0.05, 0.1) is 124 Å². The molecule has 0 unspecified atom stereocenters. The number of ketones is 1. The lowest BCUT2D eigenvalue weighted by molar-refractivity contribution is -0.137. The molecule has 3 rings (SSSR count). The van der Waals surface area contributed by atoms with Crippen LogP contribution in [0.5, 0.6) is 0 Å². The Morgan fingerprint density at radius 3 is 1.57 bits per heavy atom. The summed E-state index contributed by atoms with van der Waals surface area (Å²) < 4.78 is 36.1. The molecule has 28 nitrogen and oxygen atoms in total. The van der Waals surface area contributed by atoms with Gasteiger partial charge in [-0.15, -0.1) is 10.2 Å². The van der Waals surface area contributed by atoms with Crippen LogP contribution in [-0.4, -0.2) is 192 Å². The Morgan fingerprint density at radius 2 is 1.05 bits per heavy atom. The predicted octanol–water partition coefficient (Wildman–Crippen LogP) is -0.822. The number of aromatic nitrogens is 6. The molecule has 442 valence electrons. The molecule has 0 aromatic carbocycles. The second-order valence-corrected chi connectivity index (χ2v) is 19.8. The van der Waals surface area contributed by atoms with Crippen molar-refractivity contribution in [1.29, 1.82) is 0 Å². The zero-order valence-corrected chi connectivity index (χ0v) is 46.6. The molecule has 0 bridgehead atoms. The van der Waals surface area contributed by atoms with Gasteiger partial charge < -0.3 is 60.7 Å². The zero-order chi connectivity index (χ0) is 58.0. The number of hydrogen-bond donors (Lipinski definition) is 6. The van der Waals surface area contributed by atoms with E-state index in [1.165, 1.54) is 12.2 Å². The number of amides is 8. The second-order valence-electron chi connectivity index (χ2n) is 19.8. The number of nitrogens with two attached hydrogens (primary N) is 1. The molecule has 0 radical (unpaired) electrons. The molecule has 0 spiro atoms. The first-order valence-electron chi connectivity index (χ1n) is 26.8. The van der Waals surface area contributed by atoms with Crippen molar-refractivity contribution >= 4 is 53.0 Å². The van der Waals surface area contributed by atoms with Gasteiger partial charge in [0.25, 0.3) is 11.8 Å². The van der Waals surface area contributed by atoms with E-state index in [0.717, 1.165) is 4.90 Å². The molecule has 8 amide bonds. The number of carbonyl (C=O) groups is 9. The Hall–Kier alpha value is -6.59. The lowest BCUT2D eigenvalue weighted by Gasteiger charge is -2.26. The van der Waals surface area contributed by atoms with E-state index in [1.807, 2.05) is 13.8 Å². The van der Waals surface area contributed by atoms with Crippen molar-refractivity contribution in [2.24, 2.45) is 17.1 Å². The summed E-state index contributed by atoms with van der Waals surface area (Å²) >= 11 is 0. The van der Waals surface area contributed by atoms with Gasteiger partial charge in [-0.05, 0) is 32.1 Å². The van der Waals surface area contributed by atoms with Crippen molar-refractivity contribution in [3.05, 3.63) is 35.9 Å². The number of Topliss-reactive ketones (excluding diaryl/α,β-unsaturated/α-hetero) is 1. The molecule has 1 aliphatic rings. The van der Waals surface area contributed by atoms with Crippen LogP contribution in [0.15, 0.2) is 24.5 Å². The molecule has 3 atom stereocenters. The molecule has 1 aliphatic heterocycles. The van der Waals surface area contributed by atoms with E-state index in [9.17, 15) is 43.2 Å². The van der Waals surface area contributed by atoms with Crippen LogP contribution in [0.4, 0.5) is 0 Å². The standard InChI is InChI=1S/C51H83N13O15/c1-36(2)47(50(73)55-37(3)48(71)51(4,5)6)57-44(68)16-21-75-25-29-79-31-27-77-23-19-63-35-39(59-61-63)33-54-49(72)40(56-43(67)10-8-7-9-17-64-45(69)13-14-46(64)70)11-12-42(66)53-32-38-34-62(60-58-38)18-22-76-26-30-78-28-24-74-20-15-41(52)65/h13-14,34-37,40,47H,7-12,15-33H2,1-6H3,(H2,52,65)(H,53,66)(H,54,72)(H,55,73)(H,56,67)(H,57,68)/t37-,40-,47-/m0/s1. The summed E-state index contributed by atoms with van der Waals surface area (Å²) in [7, 11) is 0. The summed E-state index contributed by atoms with van der Waals surface area (Å²) in [5.41, 5.74) is 5.39. The zero-order valence-electron chi connectivity index (χ0n) is 46.6. The van der Waals surface area contributed by atoms with Crippen molar-refractivity contribution in [3.63, 3.8) is 0 Å². The molecule has 0 aliphatic carbocycles. The molecule has 2 aromatic rings. The number of hydrogen-bond acceptors (Lipinski definition) is 19.